The molecule has 5 nitrogen and oxygen atoms in total. The topological polar surface area (TPSA) is 58.6 Å². The van der Waals surface area contributed by atoms with Crippen LogP contribution >= 0.6 is 0 Å². The highest BCUT2D eigenvalue weighted by Crippen LogP contribution is 2.22. The van der Waals surface area contributed by atoms with Crippen LogP contribution in [-0.4, -0.2) is 37.6 Å². The van der Waals surface area contributed by atoms with E-state index >= 15 is 0 Å². The fourth-order valence-electron chi connectivity index (χ4n) is 3.06. The SMILES string of the molecule is O=C(NCCC1CCCO1)c1cccc(N2CCCC2=O)c1. The Hall–Kier alpha value is -1.88. The molecule has 1 unspecified atom stereocenters. The predicted octanol–water partition coefficient (Wildman–Crippen LogP) is 2.11. The van der Waals surface area contributed by atoms with E-state index in [1.807, 2.05) is 12.1 Å². The standard InChI is InChI=1S/C17H22N2O3/c20-16-7-2-10-19(16)14-5-1-4-13(12-14)17(21)18-9-8-15-6-3-11-22-15/h1,4-5,12,15H,2-3,6-11H2,(H,18,21). The summed E-state index contributed by atoms with van der Waals surface area (Å²) in [7, 11) is 0. The minimum atomic E-state index is -0.0912. The molecule has 0 bridgehead atoms. The highest BCUT2D eigenvalue weighted by Gasteiger charge is 2.22. The first-order valence-corrected chi connectivity index (χ1v) is 8.04. The van der Waals surface area contributed by atoms with Gasteiger partial charge in [-0.15, -0.1) is 0 Å². The minimum absolute atomic E-state index is 0.0912. The Labute approximate surface area is 130 Å². The van der Waals surface area contributed by atoms with Crippen LogP contribution in [0.15, 0.2) is 24.3 Å². The van der Waals surface area contributed by atoms with Crippen LogP contribution < -0.4 is 10.2 Å². The van der Waals surface area contributed by atoms with Crippen LogP contribution in [0, 0.1) is 0 Å². The molecule has 22 heavy (non-hydrogen) atoms. The molecule has 2 aliphatic heterocycles. The number of nitrogens with one attached hydrogen (secondary N) is 1. The monoisotopic (exact) mass is 302 g/mol. The number of amides is 2. The summed E-state index contributed by atoms with van der Waals surface area (Å²) in [6, 6.07) is 7.29. The molecule has 1 aromatic rings. The Morgan fingerprint density at radius 3 is 3.00 bits per heavy atom. The quantitative estimate of drug-likeness (QED) is 0.906. The molecule has 0 aliphatic carbocycles. The second-order valence-corrected chi connectivity index (χ2v) is 5.88. The van der Waals surface area contributed by atoms with Crippen LogP contribution in [-0.2, 0) is 9.53 Å². The summed E-state index contributed by atoms with van der Waals surface area (Å²) in [5.74, 6) is 0.0439. The Morgan fingerprint density at radius 1 is 1.36 bits per heavy atom. The zero-order chi connectivity index (χ0) is 15.4. The summed E-state index contributed by atoms with van der Waals surface area (Å²) >= 11 is 0. The summed E-state index contributed by atoms with van der Waals surface area (Å²) in [4.78, 5) is 25.8. The normalized spacial score (nSPS) is 21.4. The van der Waals surface area contributed by atoms with Crippen molar-refractivity contribution in [3.8, 4) is 0 Å². The lowest BCUT2D eigenvalue weighted by atomic mass is 10.1. The number of nitrogens with zero attached hydrogens (tertiary/aromatic N) is 1. The van der Waals surface area contributed by atoms with Gasteiger partial charge in [0.25, 0.3) is 5.91 Å². The van der Waals surface area contributed by atoms with Gasteiger partial charge in [-0.2, -0.15) is 0 Å². The molecule has 2 aliphatic rings. The molecule has 2 amide bonds. The van der Waals surface area contributed by atoms with Gasteiger partial charge in [0.1, 0.15) is 0 Å². The largest absolute Gasteiger partial charge is 0.378 e. The summed E-state index contributed by atoms with van der Waals surface area (Å²) in [6.07, 6.45) is 4.83. The fraction of sp³-hybridized carbons (Fsp3) is 0.529. The predicted molar refractivity (Wildman–Crippen MR) is 84.0 cm³/mol. The van der Waals surface area contributed by atoms with Crippen molar-refractivity contribution in [2.75, 3.05) is 24.6 Å². The number of carbonyl (C=O) groups excluding carboxylic acids is 2. The minimum Gasteiger partial charge on any atom is -0.378 e. The molecule has 2 heterocycles. The van der Waals surface area contributed by atoms with E-state index in [0.717, 1.165) is 44.5 Å². The number of hydrogen-bond donors (Lipinski definition) is 1. The smallest absolute Gasteiger partial charge is 0.251 e. The van der Waals surface area contributed by atoms with Crippen molar-refractivity contribution < 1.29 is 14.3 Å². The summed E-state index contributed by atoms with van der Waals surface area (Å²) < 4.78 is 5.54. The van der Waals surface area contributed by atoms with E-state index in [1.165, 1.54) is 0 Å². The summed E-state index contributed by atoms with van der Waals surface area (Å²) in [6.45, 7) is 2.20. The van der Waals surface area contributed by atoms with E-state index < -0.39 is 0 Å². The molecule has 0 spiro atoms. The number of carbonyl (C=O) groups is 2. The maximum absolute atomic E-state index is 12.2. The average molecular weight is 302 g/mol. The maximum atomic E-state index is 12.2. The highest BCUT2D eigenvalue weighted by molar-refractivity contribution is 5.99. The van der Waals surface area contributed by atoms with E-state index in [0.29, 0.717) is 18.5 Å². The molecular formula is C17H22N2O3. The van der Waals surface area contributed by atoms with Gasteiger partial charge in [-0.05, 0) is 43.9 Å². The molecule has 118 valence electrons. The van der Waals surface area contributed by atoms with Crippen LogP contribution in [0.3, 0.4) is 0 Å². The van der Waals surface area contributed by atoms with Gasteiger partial charge in [0.2, 0.25) is 5.91 Å². The first kappa shape index (κ1) is 15.0. The average Bonchev–Trinajstić information content (AvgIpc) is 3.19. The molecule has 0 saturated carbocycles. The second-order valence-electron chi connectivity index (χ2n) is 5.88. The van der Waals surface area contributed by atoms with Crippen molar-refractivity contribution in [3.63, 3.8) is 0 Å². The van der Waals surface area contributed by atoms with Crippen LogP contribution in [0.2, 0.25) is 0 Å². The van der Waals surface area contributed by atoms with Gasteiger partial charge in [-0.3, -0.25) is 9.59 Å². The zero-order valence-corrected chi connectivity index (χ0v) is 12.7. The molecule has 5 heteroatoms. The Kier molecular flexibility index (Phi) is 4.73. The zero-order valence-electron chi connectivity index (χ0n) is 12.7. The van der Waals surface area contributed by atoms with Crippen molar-refractivity contribution >= 4 is 17.5 Å². The van der Waals surface area contributed by atoms with Crippen LogP contribution in [0.1, 0.15) is 42.5 Å². The van der Waals surface area contributed by atoms with Crippen molar-refractivity contribution in [1.29, 1.82) is 0 Å². The van der Waals surface area contributed by atoms with Crippen LogP contribution in [0.4, 0.5) is 5.69 Å². The number of ether oxygens (including phenoxy) is 1. The first-order valence-electron chi connectivity index (χ1n) is 8.04. The van der Waals surface area contributed by atoms with Gasteiger partial charge < -0.3 is 15.0 Å². The van der Waals surface area contributed by atoms with Gasteiger partial charge in [0, 0.05) is 37.4 Å². The first-order chi connectivity index (χ1) is 10.7. The van der Waals surface area contributed by atoms with E-state index in [9.17, 15) is 9.59 Å². The third kappa shape index (κ3) is 3.47. The van der Waals surface area contributed by atoms with Crippen LogP contribution in [0.5, 0.6) is 0 Å². The Bertz CT molecular complexity index is 553. The third-order valence-electron chi connectivity index (χ3n) is 4.27. The van der Waals surface area contributed by atoms with Crippen molar-refractivity contribution in [2.45, 2.75) is 38.2 Å². The number of rotatable bonds is 5. The van der Waals surface area contributed by atoms with E-state index in [-0.39, 0.29) is 17.9 Å². The van der Waals surface area contributed by atoms with E-state index in [2.05, 4.69) is 5.32 Å². The molecule has 1 aromatic carbocycles. The Morgan fingerprint density at radius 2 is 2.27 bits per heavy atom. The number of benzene rings is 1. The second kappa shape index (κ2) is 6.92. The highest BCUT2D eigenvalue weighted by atomic mass is 16.5. The van der Waals surface area contributed by atoms with E-state index in [1.54, 1.807) is 17.0 Å². The molecule has 1 N–H and O–H groups in total. The molecular weight excluding hydrogens is 280 g/mol. The fourth-order valence-corrected chi connectivity index (χ4v) is 3.06. The summed E-state index contributed by atoms with van der Waals surface area (Å²) in [5, 5.41) is 2.93. The van der Waals surface area contributed by atoms with Crippen molar-refractivity contribution in [3.05, 3.63) is 29.8 Å². The number of hydrogen-bond acceptors (Lipinski definition) is 3. The maximum Gasteiger partial charge on any atom is 0.251 e. The van der Waals surface area contributed by atoms with E-state index in [4.69, 9.17) is 4.74 Å². The molecule has 0 radical (unpaired) electrons. The lowest BCUT2D eigenvalue weighted by molar-refractivity contribution is -0.117. The van der Waals surface area contributed by atoms with Gasteiger partial charge >= 0.3 is 0 Å². The summed E-state index contributed by atoms with van der Waals surface area (Å²) in [5.41, 5.74) is 1.42. The van der Waals surface area contributed by atoms with Gasteiger partial charge in [-0.1, -0.05) is 6.07 Å². The third-order valence-corrected chi connectivity index (χ3v) is 4.27. The van der Waals surface area contributed by atoms with Crippen molar-refractivity contribution in [1.82, 2.24) is 5.32 Å². The van der Waals surface area contributed by atoms with Crippen molar-refractivity contribution in [2.24, 2.45) is 0 Å². The molecule has 3 rings (SSSR count). The van der Waals surface area contributed by atoms with Gasteiger partial charge in [0.15, 0.2) is 0 Å². The molecule has 1 atom stereocenters. The molecule has 2 fully saturated rings. The molecule has 2 saturated heterocycles. The Balaban J connectivity index is 1.56. The van der Waals surface area contributed by atoms with Crippen LogP contribution in [0.25, 0.3) is 0 Å². The molecule has 0 aromatic heterocycles. The van der Waals surface area contributed by atoms with Gasteiger partial charge in [0.05, 0.1) is 6.10 Å². The van der Waals surface area contributed by atoms with Gasteiger partial charge in [-0.25, -0.2) is 0 Å². The lowest BCUT2D eigenvalue weighted by Crippen LogP contribution is -2.28. The lowest BCUT2D eigenvalue weighted by Gasteiger charge is -2.16. The number of anilines is 1.